The van der Waals surface area contributed by atoms with Gasteiger partial charge in [-0.3, -0.25) is 4.79 Å². The van der Waals surface area contributed by atoms with Crippen molar-refractivity contribution in [3.63, 3.8) is 0 Å². The summed E-state index contributed by atoms with van der Waals surface area (Å²) in [7, 11) is 0. The van der Waals surface area contributed by atoms with Crippen molar-refractivity contribution in [1.82, 2.24) is 0 Å². The fraction of sp³-hybridized carbons (Fsp3) is 0.714. The highest BCUT2D eigenvalue weighted by molar-refractivity contribution is 5.92. The van der Waals surface area contributed by atoms with E-state index in [0.29, 0.717) is 6.42 Å². The summed E-state index contributed by atoms with van der Waals surface area (Å²) in [4.78, 5) is 24.2. The van der Waals surface area contributed by atoms with Crippen LogP contribution in [0.4, 0.5) is 0 Å². The average Bonchev–Trinajstić information content (AvgIpc) is 2.97. The lowest BCUT2D eigenvalue weighted by Crippen LogP contribution is -2.19. The molecule has 45 heavy (non-hydrogen) atoms. The Kier molecular flexibility index (Phi) is 23.6. The summed E-state index contributed by atoms with van der Waals surface area (Å²) in [5.41, 5.74) is 5.09. The highest BCUT2D eigenvalue weighted by Crippen LogP contribution is 2.40. The van der Waals surface area contributed by atoms with Crippen molar-refractivity contribution in [3.05, 3.63) is 58.7 Å². The van der Waals surface area contributed by atoms with Crippen LogP contribution in [0.2, 0.25) is 0 Å². The lowest BCUT2D eigenvalue weighted by molar-refractivity contribution is -0.156. The molecule has 0 heterocycles. The second-order valence-corrected chi connectivity index (χ2v) is 14.3. The number of hydrogen-bond donors (Lipinski definition) is 0. The van der Waals surface area contributed by atoms with E-state index in [9.17, 15) is 9.59 Å². The Morgan fingerprint density at radius 3 is 1.69 bits per heavy atom. The minimum atomic E-state index is -0.581. The number of allylic oxidation sites excluding steroid dienone is 9. The van der Waals surface area contributed by atoms with Gasteiger partial charge in [-0.1, -0.05) is 178 Å². The highest BCUT2D eigenvalue weighted by Gasteiger charge is 2.26. The summed E-state index contributed by atoms with van der Waals surface area (Å²) in [6, 6.07) is 0. The van der Waals surface area contributed by atoms with Crippen LogP contribution in [0, 0.1) is 5.41 Å². The molecule has 1 aliphatic carbocycles. The highest BCUT2D eigenvalue weighted by atomic mass is 16.6. The number of ether oxygens (including phenoxy) is 1. The van der Waals surface area contributed by atoms with Gasteiger partial charge in [0, 0.05) is 12.5 Å². The largest absolute Gasteiger partial charge is 0.390 e. The van der Waals surface area contributed by atoms with Gasteiger partial charge in [-0.25, -0.2) is 4.79 Å². The van der Waals surface area contributed by atoms with Crippen molar-refractivity contribution >= 4 is 11.9 Å². The summed E-state index contributed by atoms with van der Waals surface area (Å²) in [6.45, 7) is 13.1. The zero-order valence-corrected chi connectivity index (χ0v) is 30.5. The monoisotopic (exact) mass is 623 g/mol. The molecule has 0 amide bonds. The first-order valence-electron chi connectivity index (χ1n) is 18.8. The summed E-state index contributed by atoms with van der Waals surface area (Å²) >= 11 is 0. The molecule has 0 aromatic carbocycles. The van der Waals surface area contributed by atoms with Gasteiger partial charge in [0.2, 0.25) is 0 Å². The lowest BCUT2D eigenvalue weighted by Gasteiger charge is -2.32. The van der Waals surface area contributed by atoms with Gasteiger partial charge in [0.25, 0.3) is 0 Å². The second kappa shape index (κ2) is 26.0. The van der Waals surface area contributed by atoms with E-state index in [4.69, 9.17) is 4.74 Å². The normalized spacial score (nSPS) is 15.9. The molecule has 0 N–H and O–H groups in total. The molecule has 256 valence electrons. The summed E-state index contributed by atoms with van der Waals surface area (Å²) < 4.78 is 5.00. The Morgan fingerprint density at radius 1 is 0.711 bits per heavy atom. The van der Waals surface area contributed by atoms with Crippen molar-refractivity contribution < 1.29 is 14.3 Å². The van der Waals surface area contributed by atoms with E-state index in [-0.39, 0.29) is 5.41 Å². The standard InChI is InChI=1S/C42H70O3/c1-7-8-9-10-11-12-13-14-15-16-17-18-19-20-21-22-23-24-25-31-40(43)45-41(44)35-37(3)29-26-28-36(2)32-33-39-38(4)30-27-34-42(39,5)6/h26,28-29,32-33,35H,7-25,27,30-31,34H2,1-6H3/b29-26+,33-32+,36-28+,37-35+. The molecule has 0 saturated heterocycles. The van der Waals surface area contributed by atoms with Crippen molar-refractivity contribution in [3.8, 4) is 0 Å². The van der Waals surface area contributed by atoms with Gasteiger partial charge in [-0.15, -0.1) is 0 Å². The Morgan fingerprint density at radius 2 is 1.20 bits per heavy atom. The zero-order valence-electron chi connectivity index (χ0n) is 30.5. The Bertz CT molecular complexity index is 972. The molecule has 0 saturated carbocycles. The SMILES string of the molecule is CCCCCCCCCCCCCCCCCCCCCC(=O)OC(=O)/C=C(C)/C=C/C=C(C)/C=C/C1=C(C)CCCC1(C)C. The van der Waals surface area contributed by atoms with Crippen molar-refractivity contribution in [2.75, 3.05) is 0 Å². The van der Waals surface area contributed by atoms with E-state index >= 15 is 0 Å². The van der Waals surface area contributed by atoms with Crippen molar-refractivity contribution in [1.29, 1.82) is 0 Å². The lowest BCUT2D eigenvalue weighted by atomic mass is 9.72. The van der Waals surface area contributed by atoms with Crippen LogP contribution in [0.5, 0.6) is 0 Å². The summed E-state index contributed by atoms with van der Waals surface area (Å²) in [5.74, 6) is -1.00. The van der Waals surface area contributed by atoms with Gasteiger partial charge >= 0.3 is 11.9 Å². The van der Waals surface area contributed by atoms with Gasteiger partial charge in [-0.05, 0) is 63.0 Å². The van der Waals surface area contributed by atoms with Crippen LogP contribution in [0.15, 0.2) is 58.7 Å². The third-order valence-electron chi connectivity index (χ3n) is 9.32. The van der Waals surface area contributed by atoms with E-state index in [1.807, 2.05) is 25.2 Å². The molecule has 1 aliphatic rings. The van der Waals surface area contributed by atoms with E-state index in [1.54, 1.807) is 0 Å². The first-order valence-corrected chi connectivity index (χ1v) is 18.8. The summed E-state index contributed by atoms with van der Waals surface area (Å²) in [6.07, 6.45) is 40.8. The maximum atomic E-state index is 12.1. The quantitative estimate of drug-likeness (QED) is 0.0334. The van der Waals surface area contributed by atoms with Crippen LogP contribution in [0.3, 0.4) is 0 Å². The first kappa shape index (κ1) is 40.9. The molecule has 0 bridgehead atoms. The van der Waals surface area contributed by atoms with Gasteiger partial charge in [-0.2, -0.15) is 0 Å². The molecule has 1 rings (SSSR count). The van der Waals surface area contributed by atoms with Gasteiger partial charge in [0.05, 0.1) is 0 Å². The number of unbranched alkanes of at least 4 members (excludes halogenated alkanes) is 18. The maximum absolute atomic E-state index is 12.1. The van der Waals surface area contributed by atoms with Gasteiger partial charge < -0.3 is 4.74 Å². The molecular weight excluding hydrogens is 552 g/mol. The third-order valence-corrected chi connectivity index (χ3v) is 9.32. The first-order chi connectivity index (χ1) is 21.7. The Labute approximate surface area is 279 Å². The topological polar surface area (TPSA) is 43.4 Å². The molecule has 3 heteroatoms. The molecule has 0 spiro atoms. The van der Waals surface area contributed by atoms with E-state index in [2.05, 4.69) is 46.8 Å². The smallest absolute Gasteiger partial charge is 0.338 e. The molecular formula is C42H70O3. The van der Waals surface area contributed by atoms with Crippen LogP contribution in [-0.2, 0) is 14.3 Å². The second-order valence-electron chi connectivity index (χ2n) is 14.3. The molecule has 3 nitrogen and oxygen atoms in total. The zero-order chi connectivity index (χ0) is 33.2. The van der Waals surface area contributed by atoms with Crippen LogP contribution in [0.1, 0.15) is 189 Å². The molecule has 0 fully saturated rings. The van der Waals surface area contributed by atoms with Crippen molar-refractivity contribution in [2.24, 2.45) is 5.41 Å². The fourth-order valence-electron chi connectivity index (χ4n) is 6.41. The van der Waals surface area contributed by atoms with E-state index in [1.165, 1.54) is 139 Å². The van der Waals surface area contributed by atoms with Gasteiger partial charge in [0.15, 0.2) is 0 Å². The summed E-state index contributed by atoms with van der Waals surface area (Å²) in [5, 5.41) is 0. The Hall–Kier alpha value is -2.16. The van der Waals surface area contributed by atoms with Crippen LogP contribution in [0.25, 0.3) is 0 Å². The minimum absolute atomic E-state index is 0.234. The maximum Gasteiger partial charge on any atom is 0.338 e. The number of esters is 2. The van der Waals surface area contributed by atoms with Gasteiger partial charge in [0.1, 0.15) is 0 Å². The van der Waals surface area contributed by atoms with Crippen molar-refractivity contribution in [2.45, 2.75) is 189 Å². The average molecular weight is 623 g/mol. The predicted molar refractivity (Wildman–Crippen MR) is 195 cm³/mol. The molecule has 0 unspecified atom stereocenters. The van der Waals surface area contributed by atoms with Crippen LogP contribution < -0.4 is 0 Å². The predicted octanol–water partition coefficient (Wildman–Crippen LogP) is 13.4. The molecule has 0 aromatic rings. The van der Waals surface area contributed by atoms with Crippen LogP contribution in [-0.4, -0.2) is 11.9 Å². The molecule has 0 aromatic heterocycles. The van der Waals surface area contributed by atoms with E-state index in [0.717, 1.165) is 30.4 Å². The number of carbonyl (C=O) groups excluding carboxylic acids is 2. The molecule has 0 atom stereocenters. The number of rotatable bonds is 25. The van der Waals surface area contributed by atoms with E-state index < -0.39 is 11.9 Å². The number of carbonyl (C=O) groups is 2. The third kappa shape index (κ3) is 22.1. The Balaban J connectivity index is 2.06. The molecule has 0 radical (unpaired) electrons. The van der Waals surface area contributed by atoms with Crippen LogP contribution >= 0.6 is 0 Å². The number of hydrogen-bond acceptors (Lipinski definition) is 3. The molecule has 0 aliphatic heterocycles. The minimum Gasteiger partial charge on any atom is -0.390 e. The fourth-order valence-corrected chi connectivity index (χ4v) is 6.41.